The number of aliphatic imine (C=N–C) groups is 1. The number of hydrogen-bond acceptors (Lipinski definition) is 4. The molecule has 0 aliphatic heterocycles. The first kappa shape index (κ1) is 20.8. The molecule has 0 atom stereocenters. The summed E-state index contributed by atoms with van der Waals surface area (Å²) in [6, 6.07) is 6.38. The van der Waals surface area contributed by atoms with Crippen LogP contribution in [0.2, 0.25) is 0 Å². The van der Waals surface area contributed by atoms with Crippen LogP contribution in [0.25, 0.3) is 11.3 Å². The van der Waals surface area contributed by atoms with Crippen molar-refractivity contribution in [3.05, 3.63) is 60.7 Å². The molecular formula is C20H24FN3O2S. The molecule has 0 N–H and O–H groups in total. The van der Waals surface area contributed by atoms with E-state index in [0.717, 1.165) is 6.26 Å². The van der Waals surface area contributed by atoms with Crippen molar-refractivity contribution in [3.8, 4) is 5.69 Å². The van der Waals surface area contributed by atoms with Gasteiger partial charge >= 0.3 is 0 Å². The van der Waals surface area contributed by atoms with Gasteiger partial charge in [0.25, 0.3) is 0 Å². The van der Waals surface area contributed by atoms with Gasteiger partial charge in [0.15, 0.2) is 9.84 Å². The molecule has 144 valence electrons. The van der Waals surface area contributed by atoms with Crippen molar-refractivity contribution in [1.29, 1.82) is 0 Å². The monoisotopic (exact) mass is 389 g/mol. The molecule has 5 nitrogen and oxygen atoms in total. The highest BCUT2D eigenvalue weighted by Crippen LogP contribution is 2.28. The lowest BCUT2D eigenvalue weighted by Crippen LogP contribution is -2.09. The summed E-state index contributed by atoms with van der Waals surface area (Å²) in [6.45, 7) is 8.98. The van der Waals surface area contributed by atoms with Crippen molar-refractivity contribution in [2.45, 2.75) is 31.3 Å². The predicted octanol–water partition coefficient (Wildman–Crippen LogP) is 4.14. The summed E-state index contributed by atoms with van der Waals surface area (Å²) in [5.74, 6) is 0.518. The molecule has 0 bridgehead atoms. The molecule has 1 aromatic carbocycles. The van der Waals surface area contributed by atoms with Crippen molar-refractivity contribution in [1.82, 2.24) is 9.55 Å². The van der Waals surface area contributed by atoms with E-state index in [1.165, 1.54) is 26.0 Å². The smallest absolute Gasteiger partial charge is 0.175 e. The first-order chi connectivity index (χ1) is 12.6. The Morgan fingerprint density at radius 2 is 1.96 bits per heavy atom. The van der Waals surface area contributed by atoms with Crippen LogP contribution in [0.1, 0.15) is 32.3 Å². The number of imidazole rings is 1. The Morgan fingerprint density at radius 3 is 2.44 bits per heavy atom. The van der Waals surface area contributed by atoms with Crippen LogP contribution in [-0.4, -0.2) is 37.0 Å². The number of hydrogen-bond donors (Lipinski definition) is 0. The van der Waals surface area contributed by atoms with Crippen molar-refractivity contribution < 1.29 is 12.8 Å². The summed E-state index contributed by atoms with van der Waals surface area (Å²) >= 11 is 0. The topological polar surface area (TPSA) is 64.3 Å². The van der Waals surface area contributed by atoms with Crippen LogP contribution < -0.4 is 0 Å². The first-order valence-electron chi connectivity index (χ1n) is 8.44. The maximum absolute atomic E-state index is 14.5. The Bertz CT molecular complexity index is 979. The Kier molecular flexibility index (Phi) is 6.15. The molecule has 0 radical (unpaired) electrons. The second-order valence-corrected chi connectivity index (χ2v) is 8.56. The van der Waals surface area contributed by atoms with Gasteiger partial charge in [-0.1, -0.05) is 18.7 Å². The lowest BCUT2D eigenvalue weighted by molar-refractivity contribution is 0.215. The molecule has 0 unspecified atom stereocenters. The average molecular weight is 389 g/mol. The molecule has 1 aromatic heterocycles. The fraction of sp³-hybridized carbons (Fsp3) is 0.300. The van der Waals surface area contributed by atoms with Gasteiger partial charge in [0.2, 0.25) is 0 Å². The third kappa shape index (κ3) is 5.01. The van der Waals surface area contributed by atoms with Gasteiger partial charge in [0, 0.05) is 23.7 Å². The van der Waals surface area contributed by atoms with Gasteiger partial charge in [0.1, 0.15) is 11.5 Å². The van der Waals surface area contributed by atoms with Gasteiger partial charge in [-0.3, -0.25) is 9.56 Å². The van der Waals surface area contributed by atoms with E-state index in [0.29, 0.717) is 23.6 Å². The molecule has 2 aromatic rings. The zero-order chi connectivity index (χ0) is 20.2. The van der Waals surface area contributed by atoms with Crippen LogP contribution in [0.5, 0.6) is 0 Å². The van der Waals surface area contributed by atoms with Gasteiger partial charge in [0.05, 0.1) is 17.1 Å². The third-order valence-electron chi connectivity index (χ3n) is 3.94. The summed E-state index contributed by atoms with van der Waals surface area (Å²) in [6.07, 6.45) is 7.96. The molecule has 0 spiro atoms. The molecular weight excluding hydrogens is 365 g/mol. The Hall–Kier alpha value is -2.54. The normalized spacial score (nSPS) is 13.3. The zero-order valence-corrected chi connectivity index (χ0v) is 16.8. The summed E-state index contributed by atoms with van der Waals surface area (Å²) in [7, 11) is -3.29. The number of nitrogens with zero attached hydrogens (tertiary/aromatic N) is 3. The molecule has 2 rings (SSSR count). The third-order valence-corrected chi connectivity index (χ3v) is 5.06. The SMILES string of the molecule is C=CC(=CCN=CC)c1nc(C(C)(C)F)cn1-c1ccc(S(C)(=O)=O)cc1. The van der Waals surface area contributed by atoms with E-state index in [9.17, 15) is 12.8 Å². The minimum absolute atomic E-state index is 0.218. The summed E-state index contributed by atoms with van der Waals surface area (Å²) in [4.78, 5) is 8.83. The second kappa shape index (κ2) is 8.00. The minimum Gasteiger partial charge on any atom is -0.299 e. The second-order valence-electron chi connectivity index (χ2n) is 6.55. The quantitative estimate of drug-likeness (QED) is 0.528. The molecule has 0 saturated heterocycles. The molecule has 1 heterocycles. The van der Waals surface area contributed by atoms with Crippen LogP contribution in [0.3, 0.4) is 0 Å². The van der Waals surface area contributed by atoms with Gasteiger partial charge in [-0.15, -0.1) is 0 Å². The fourth-order valence-electron chi connectivity index (χ4n) is 2.44. The lowest BCUT2D eigenvalue weighted by Gasteiger charge is -2.09. The van der Waals surface area contributed by atoms with E-state index in [2.05, 4.69) is 16.6 Å². The molecule has 0 fully saturated rings. The number of alkyl halides is 1. The van der Waals surface area contributed by atoms with Gasteiger partial charge < -0.3 is 0 Å². The van der Waals surface area contributed by atoms with Crippen molar-refractivity contribution >= 4 is 21.6 Å². The lowest BCUT2D eigenvalue weighted by atomic mass is 10.1. The zero-order valence-electron chi connectivity index (χ0n) is 16.0. The van der Waals surface area contributed by atoms with E-state index < -0.39 is 15.5 Å². The van der Waals surface area contributed by atoms with E-state index >= 15 is 0 Å². The van der Waals surface area contributed by atoms with Crippen molar-refractivity contribution in [3.63, 3.8) is 0 Å². The molecule has 27 heavy (non-hydrogen) atoms. The summed E-state index contributed by atoms with van der Waals surface area (Å²) < 4.78 is 39.6. The Morgan fingerprint density at radius 1 is 1.33 bits per heavy atom. The molecule has 0 saturated carbocycles. The molecule has 0 aliphatic carbocycles. The highest BCUT2D eigenvalue weighted by atomic mass is 32.2. The summed E-state index contributed by atoms with van der Waals surface area (Å²) in [5, 5.41) is 0. The van der Waals surface area contributed by atoms with Crippen molar-refractivity contribution in [2.24, 2.45) is 4.99 Å². The highest BCUT2D eigenvalue weighted by Gasteiger charge is 2.25. The Balaban J connectivity index is 2.62. The maximum atomic E-state index is 14.5. The average Bonchev–Trinajstić information content (AvgIpc) is 3.03. The van der Waals surface area contributed by atoms with Gasteiger partial charge in [-0.2, -0.15) is 0 Å². The standard InChI is InChI=1S/C20H24FN3O2S/c1-6-15(12-13-22-7-2)19-23-18(20(3,4)21)14-24(19)16-8-10-17(11-9-16)27(5,25)26/h6-12,14H,1,13H2,2-5H3. The number of sulfone groups is 1. The van der Waals surface area contributed by atoms with Gasteiger partial charge in [-0.25, -0.2) is 17.8 Å². The molecule has 0 amide bonds. The van der Waals surface area contributed by atoms with E-state index in [-0.39, 0.29) is 10.6 Å². The number of benzene rings is 1. The largest absolute Gasteiger partial charge is 0.299 e. The molecule has 7 heteroatoms. The van der Waals surface area contributed by atoms with Crippen molar-refractivity contribution in [2.75, 3.05) is 12.8 Å². The fourth-order valence-corrected chi connectivity index (χ4v) is 3.07. The van der Waals surface area contributed by atoms with Crippen LogP contribution in [-0.2, 0) is 15.5 Å². The Labute approximate surface area is 159 Å². The number of aromatic nitrogens is 2. The minimum atomic E-state index is -3.29. The number of rotatable bonds is 7. The number of allylic oxidation sites excluding steroid dienone is 2. The highest BCUT2D eigenvalue weighted by molar-refractivity contribution is 7.90. The molecule has 0 aliphatic rings. The van der Waals surface area contributed by atoms with Crippen LogP contribution in [0.15, 0.2) is 59.1 Å². The summed E-state index contributed by atoms with van der Waals surface area (Å²) in [5.41, 5.74) is 0.0347. The maximum Gasteiger partial charge on any atom is 0.175 e. The van der Waals surface area contributed by atoms with Crippen LogP contribution in [0.4, 0.5) is 4.39 Å². The first-order valence-corrected chi connectivity index (χ1v) is 10.3. The van der Waals surface area contributed by atoms with Crippen LogP contribution in [0, 0.1) is 0 Å². The van der Waals surface area contributed by atoms with E-state index in [4.69, 9.17) is 0 Å². The number of halogens is 1. The van der Waals surface area contributed by atoms with Gasteiger partial charge in [-0.05, 0) is 51.3 Å². The van der Waals surface area contributed by atoms with Crippen LogP contribution >= 0.6 is 0 Å². The van der Waals surface area contributed by atoms with E-state index in [1.54, 1.807) is 35.2 Å². The predicted molar refractivity (Wildman–Crippen MR) is 108 cm³/mol. The van der Waals surface area contributed by atoms with E-state index in [1.807, 2.05) is 13.0 Å².